The summed E-state index contributed by atoms with van der Waals surface area (Å²) in [6, 6.07) is 14.8. The fraction of sp³-hybridized carbons (Fsp3) is 0.207. The van der Waals surface area contributed by atoms with Crippen molar-refractivity contribution in [1.29, 1.82) is 0 Å². The molecule has 3 aromatic carbocycles. The summed E-state index contributed by atoms with van der Waals surface area (Å²) in [4.78, 5) is 28.6. The first-order valence-corrected chi connectivity index (χ1v) is 12.5. The van der Waals surface area contributed by atoms with Gasteiger partial charge in [-0.1, -0.05) is 41.9 Å². The number of aromatic nitrogens is 4. The van der Waals surface area contributed by atoms with Gasteiger partial charge in [-0.25, -0.2) is 14.7 Å². The van der Waals surface area contributed by atoms with E-state index in [4.69, 9.17) is 22.9 Å². The molecule has 9 nitrogen and oxygen atoms in total. The molecule has 5 aromatic rings. The van der Waals surface area contributed by atoms with Crippen molar-refractivity contribution in [1.82, 2.24) is 25.3 Å². The number of aromatic amines is 1. The maximum atomic E-state index is 12.6. The predicted octanol–water partition coefficient (Wildman–Crippen LogP) is 6.37. The minimum Gasteiger partial charge on any atom is -0.444 e. The molecule has 2 heterocycles. The molecule has 0 fully saturated rings. The van der Waals surface area contributed by atoms with Gasteiger partial charge >= 0.3 is 6.09 Å². The van der Waals surface area contributed by atoms with Crippen molar-refractivity contribution in [3.8, 4) is 22.4 Å². The van der Waals surface area contributed by atoms with Crippen molar-refractivity contribution in [2.75, 3.05) is 0 Å². The van der Waals surface area contributed by atoms with Crippen molar-refractivity contribution in [3.05, 3.63) is 87.2 Å². The molecule has 0 aliphatic carbocycles. The normalized spacial score (nSPS) is 11.5. The van der Waals surface area contributed by atoms with Crippen LogP contribution in [0.25, 0.3) is 48.8 Å². The van der Waals surface area contributed by atoms with Crippen LogP contribution in [-0.2, 0) is 18.3 Å². The molecule has 0 saturated carbocycles. The second-order valence-corrected chi connectivity index (χ2v) is 10.5. The number of hydrogen-bond acceptors (Lipinski definition) is 5. The number of nitrogens with one attached hydrogen (secondary N) is 2. The molecule has 0 radical (unpaired) electrons. The van der Waals surface area contributed by atoms with E-state index >= 15 is 0 Å². The van der Waals surface area contributed by atoms with Gasteiger partial charge in [-0.05, 0) is 55.3 Å². The zero-order valence-corrected chi connectivity index (χ0v) is 22.6. The average Bonchev–Trinajstić information content (AvgIpc) is 3.27. The van der Waals surface area contributed by atoms with E-state index < -0.39 is 11.7 Å². The fourth-order valence-corrected chi connectivity index (χ4v) is 4.87. The fourth-order valence-electron chi connectivity index (χ4n) is 4.57. The molecular formula is C29H25ClN6O3. The zero-order chi connectivity index (χ0) is 27.9. The number of aryl methyl sites for hydroxylation is 1. The lowest BCUT2D eigenvalue weighted by atomic mass is 9.95. The van der Waals surface area contributed by atoms with Gasteiger partial charge in [0.25, 0.3) is 5.56 Å². The number of amides is 1. The lowest BCUT2D eigenvalue weighted by Gasteiger charge is -2.19. The van der Waals surface area contributed by atoms with Crippen LogP contribution >= 0.6 is 11.6 Å². The smallest absolute Gasteiger partial charge is 0.407 e. The molecule has 10 heteroatoms. The molecule has 0 aliphatic rings. The Morgan fingerprint density at radius 3 is 2.67 bits per heavy atom. The van der Waals surface area contributed by atoms with E-state index in [1.54, 1.807) is 44.8 Å². The minimum atomic E-state index is -0.650. The van der Waals surface area contributed by atoms with E-state index in [9.17, 15) is 9.59 Å². The molecular weight excluding hydrogens is 516 g/mol. The molecule has 0 aliphatic heterocycles. The van der Waals surface area contributed by atoms with Crippen LogP contribution in [0.3, 0.4) is 0 Å². The highest BCUT2D eigenvalue weighted by atomic mass is 35.5. The molecule has 39 heavy (non-hydrogen) atoms. The summed E-state index contributed by atoms with van der Waals surface area (Å²) in [6.07, 6.45) is 1.11. The first-order chi connectivity index (χ1) is 18.6. The summed E-state index contributed by atoms with van der Waals surface area (Å²) in [7, 11) is 1.79. The van der Waals surface area contributed by atoms with Crippen LogP contribution in [0.4, 0.5) is 10.5 Å². The number of H-pyrrole nitrogens is 1. The maximum Gasteiger partial charge on any atom is 0.407 e. The van der Waals surface area contributed by atoms with Gasteiger partial charge < -0.3 is 10.1 Å². The molecule has 0 saturated heterocycles. The minimum absolute atomic E-state index is 0.0456. The Bertz CT molecular complexity index is 1860. The number of carbonyl (C=O) groups excluding carboxylic acids is 1. The topological polar surface area (TPSA) is 106 Å². The van der Waals surface area contributed by atoms with Crippen LogP contribution < -0.4 is 10.9 Å². The van der Waals surface area contributed by atoms with Gasteiger partial charge in [0.05, 0.1) is 36.1 Å². The molecule has 0 atom stereocenters. The molecule has 0 bridgehead atoms. The summed E-state index contributed by atoms with van der Waals surface area (Å²) in [6.45, 7) is 13.3. The van der Waals surface area contributed by atoms with Crippen LogP contribution in [0.2, 0.25) is 5.02 Å². The highest BCUT2D eigenvalue weighted by Crippen LogP contribution is 2.45. The monoisotopic (exact) mass is 540 g/mol. The van der Waals surface area contributed by atoms with Crippen molar-refractivity contribution in [2.45, 2.75) is 32.9 Å². The second-order valence-electron chi connectivity index (χ2n) is 10.1. The Balaban J connectivity index is 1.64. The summed E-state index contributed by atoms with van der Waals surface area (Å²) in [5, 5.41) is 16.9. The van der Waals surface area contributed by atoms with Gasteiger partial charge in [-0.3, -0.25) is 9.48 Å². The van der Waals surface area contributed by atoms with Gasteiger partial charge in [0, 0.05) is 28.6 Å². The third kappa shape index (κ3) is 4.94. The van der Waals surface area contributed by atoms with E-state index in [2.05, 4.69) is 25.5 Å². The highest BCUT2D eigenvalue weighted by molar-refractivity contribution is 6.36. The Morgan fingerprint density at radius 1 is 1.15 bits per heavy atom. The van der Waals surface area contributed by atoms with Gasteiger partial charge in [-0.2, -0.15) is 10.2 Å². The number of nitrogens with zero attached hydrogens (tertiary/aromatic N) is 4. The second kappa shape index (κ2) is 9.89. The number of fused-ring (bicyclic) bond motifs is 2. The largest absolute Gasteiger partial charge is 0.444 e. The number of hydrogen-bond donors (Lipinski definition) is 2. The number of benzene rings is 3. The lowest BCUT2D eigenvalue weighted by Crippen LogP contribution is -2.32. The average molecular weight is 541 g/mol. The molecule has 5 rings (SSSR count). The van der Waals surface area contributed by atoms with Crippen LogP contribution in [0.1, 0.15) is 26.5 Å². The maximum absolute atomic E-state index is 12.6. The number of alkyl carbamates (subject to hydrolysis) is 1. The van der Waals surface area contributed by atoms with E-state index in [1.807, 2.05) is 42.5 Å². The SMILES string of the molecule is [C-]#[N+]c1c(-c2c(-c3ccc4c(=O)[nH]nc(CNC(=O)OC(C)(C)C)c4c3)cnn2C)c(Cl)cc2ccccc12. The number of rotatable bonds is 4. The third-order valence-electron chi connectivity index (χ3n) is 6.24. The third-order valence-corrected chi connectivity index (χ3v) is 6.54. The molecule has 1 amide bonds. The zero-order valence-electron chi connectivity index (χ0n) is 21.8. The van der Waals surface area contributed by atoms with Gasteiger partial charge in [-0.15, -0.1) is 0 Å². The lowest BCUT2D eigenvalue weighted by molar-refractivity contribution is 0.0523. The Kier molecular flexibility index (Phi) is 6.58. The molecule has 2 N–H and O–H groups in total. The first-order valence-electron chi connectivity index (χ1n) is 12.2. The van der Waals surface area contributed by atoms with Crippen LogP contribution in [-0.4, -0.2) is 31.7 Å². The van der Waals surface area contributed by atoms with Crippen molar-refractivity contribution in [2.24, 2.45) is 7.05 Å². The predicted molar refractivity (Wildman–Crippen MR) is 152 cm³/mol. The van der Waals surface area contributed by atoms with Crippen LogP contribution in [0.5, 0.6) is 0 Å². The summed E-state index contributed by atoms with van der Waals surface area (Å²) >= 11 is 6.78. The number of carbonyl (C=O) groups is 1. The quantitative estimate of drug-likeness (QED) is 0.257. The van der Waals surface area contributed by atoms with Crippen LogP contribution in [0, 0.1) is 6.57 Å². The van der Waals surface area contributed by atoms with Crippen molar-refractivity contribution >= 4 is 44.9 Å². The highest BCUT2D eigenvalue weighted by Gasteiger charge is 2.22. The Morgan fingerprint density at radius 2 is 1.92 bits per heavy atom. The van der Waals surface area contributed by atoms with Crippen LogP contribution in [0.15, 0.2) is 59.5 Å². The summed E-state index contributed by atoms with van der Waals surface area (Å²) in [5.74, 6) is 0. The van der Waals surface area contributed by atoms with Crippen molar-refractivity contribution in [3.63, 3.8) is 0 Å². The Hall–Kier alpha value is -4.68. The van der Waals surface area contributed by atoms with Crippen molar-refractivity contribution < 1.29 is 9.53 Å². The van der Waals surface area contributed by atoms with E-state index in [0.29, 0.717) is 38.4 Å². The van der Waals surface area contributed by atoms with Gasteiger partial charge in [0.1, 0.15) is 5.60 Å². The summed E-state index contributed by atoms with van der Waals surface area (Å²) in [5.41, 5.74) is 2.63. The molecule has 196 valence electrons. The molecule has 0 unspecified atom stereocenters. The molecule has 0 spiro atoms. The number of halogens is 1. The van der Waals surface area contributed by atoms with E-state index in [-0.39, 0.29) is 12.1 Å². The Labute approximate surface area is 229 Å². The number of ether oxygens (including phenoxy) is 1. The van der Waals surface area contributed by atoms with E-state index in [0.717, 1.165) is 21.9 Å². The molecule has 2 aromatic heterocycles. The van der Waals surface area contributed by atoms with E-state index in [1.165, 1.54) is 0 Å². The van der Waals surface area contributed by atoms with Gasteiger partial charge in [0.2, 0.25) is 5.69 Å². The standard InChI is InChI=1S/C29H25ClN6O3/c1-29(2,3)39-28(38)32-15-23-20-12-17(10-11-19(20)27(37)35-34-23)21-14-33-36(5)26(21)24-22(30)13-16-8-6-7-9-18(16)25(24)31-4/h6-14H,15H2,1-3,5H3,(H,32,38)(H,35,37). The summed E-state index contributed by atoms with van der Waals surface area (Å²) < 4.78 is 7.01. The van der Waals surface area contributed by atoms with Gasteiger partial charge in [0.15, 0.2) is 0 Å². The first kappa shape index (κ1) is 25.9.